The van der Waals surface area contributed by atoms with E-state index in [-0.39, 0.29) is 18.4 Å². The molecule has 0 bridgehead atoms. The molecule has 1 aliphatic rings. The zero-order valence-electron chi connectivity index (χ0n) is 21.9. The highest BCUT2D eigenvalue weighted by atomic mass is 79.9. The fourth-order valence-electron chi connectivity index (χ4n) is 3.97. The van der Waals surface area contributed by atoms with Gasteiger partial charge in [-0.3, -0.25) is 14.5 Å². The molecule has 40 heavy (non-hydrogen) atoms. The first kappa shape index (κ1) is 27.4. The Morgan fingerprint density at radius 3 is 2.33 bits per heavy atom. The van der Waals surface area contributed by atoms with Gasteiger partial charge in [0.05, 0.1) is 16.3 Å². The Morgan fingerprint density at radius 2 is 1.62 bits per heavy atom. The molecule has 6 nitrogen and oxygen atoms in total. The summed E-state index contributed by atoms with van der Waals surface area (Å²) in [7, 11) is 0. The lowest BCUT2D eigenvalue weighted by atomic mass is 10.1. The van der Waals surface area contributed by atoms with Crippen LogP contribution in [0.4, 0.5) is 17.1 Å². The van der Waals surface area contributed by atoms with E-state index in [2.05, 4.69) is 21.2 Å². The number of nitrogens with zero attached hydrogens (tertiary/aromatic N) is 2. The minimum Gasteiger partial charge on any atom is -0.483 e. The van der Waals surface area contributed by atoms with Crippen LogP contribution in [0.1, 0.15) is 16.7 Å². The van der Waals surface area contributed by atoms with Crippen LogP contribution in [-0.2, 0) is 9.59 Å². The van der Waals surface area contributed by atoms with Crippen molar-refractivity contribution in [3.05, 3.63) is 123 Å². The molecule has 4 aromatic rings. The number of rotatable bonds is 7. The molecule has 0 aromatic heterocycles. The Bertz CT molecular complexity index is 1600. The summed E-state index contributed by atoms with van der Waals surface area (Å²) < 4.78 is 6.71. The zero-order chi connectivity index (χ0) is 28.1. The van der Waals surface area contributed by atoms with Gasteiger partial charge in [-0.15, -0.1) is 0 Å². The lowest BCUT2D eigenvalue weighted by Gasteiger charge is -2.16. The van der Waals surface area contributed by atoms with Crippen LogP contribution in [0.25, 0.3) is 6.08 Å². The van der Waals surface area contributed by atoms with Gasteiger partial charge in [0, 0.05) is 15.7 Å². The molecule has 0 radical (unpaired) electrons. The number of carbonyl (C=O) groups is 2. The highest BCUT2D eigenvalue weighted by Gasteiger charge is 2.35. The molecule has 2 amide bonds. The molecule has 200 valence electrons. The summed E-state index contributed by atoms with van der Waals surface area (Å²) in [4.78, 5) is 33.2. The third-order valence-electron chi connectivity index (χ3n) is 6.03. The number of thioether (sulfide) groups is 1. The average Bonchev–Trinajstić information content (AvgIpc) is 3.24. The van der Waals surface area contributed by atoms with Crippen molar-refractivity contribution in [3.63, 3.8) is 0 Å². The number of aliphatic imine (C=N–C) groups is 1. The van der Waals surface area contributed by atoms with Gasteiger partial charge >= 0.3 is 0 Å². The Balaban J connectivity index is 1.44. The van der Waals surface area contributed by atoms with Gasteiger partial charge < -0.3 is 10.1 Å². The second kappa shape index (κ2) is 12.4. The monoisotopic (exact) mass is 611 g/mol. The molecule has 1 fully saturated rings. The molecule has 1 aliphatic heterocycles. The first-order valence-corrected chi connectivity index (χ1v) is 14.2. The van der Waals surface area contributed by atoms with Crippen molar-refractivity contribution in [2.75, 3.05) is 16.8 Å². The normalized spacial score (nSPS) is 15.1. The molecular weight excluding hydrogens is 586 g/mol. The number of hydrogen-bond donors (Lipinski definition) is 1. The maximum Gasteiger partial charge on any atom is 0.271 e. The summed E-state index contributed by atoms with van der Waals surface area (Å²) in [6.07, 6.45) is 1.78. The third kappa shape index (κ3) is 6.70. The summed E-state index contributed by atoms with van der Waals surface area (Å²) in [6, 6.07) is 30.3. The molecule has 8 heteroatoms. The Morgan fingerprint density at radius 1 is 0.950 bits per heavy atom. The van der Waals surface area contributed by atoms with Crippen LogP contribution < -0.4 is 15.0 Å². The average molecular weight is 613 g/mol. The van der Waals surface area contributed by atoms with Gasteiger partial charge in [0.25, 0.3) is 11.8 Å². The molecule has 5 rings (SSSR count). The molecule has 1 N–H and O–H groups in total. The molecular formula is C32H26BrN3O3S. The second-order valence-corrected chi connectivity index (χ2v) is 11.1. The van der Waals surface area contributed by atoms with Crippen LogP contribution in [0, 0.1) is 13.8 Å². The minimum atomic E-state index is -0.280. The number of hydrogen-bond acceptors (Lipinski definition) is 5. The van der Waals surface area contributed by atoms with Gasteiger partial charge in [-0.1, -0.05) is 69.5 Å². The fourth-order valence-corrected chi connectivity index (χ4v) is 5.34. The lowest BCUT2D eigenvalue weighted by Crippen LogP contribution is -2.28. The van der Waals surface area contributed by atoms with E-state index in [4.69, 9.17) is 9.73 Å². The van der Waals surface area contributed by atoms with Gasteiger partial charge in [0.1, 0.15) is 5.75 Å². The summed E-state index contributed by atoms with van der Waals surface area (Å²) in [6.45, 7) is 3.85. The van der Waals surface area contributed by atoms with E-state index < -0.39 is 0 Å². The number of amidine groups is 1. The summed E-state index contributed by atoms with van der Waals surface area (Å²) >= 11 is 4.81. The van der Waals surface area contributed by atoms with E-state index in [9.17, 15) is 9.59 Å². The van der Waals surface area contributed by atoms with E-state index in [1.807, 2.05) is 105 Å². The number of aryl methyl sites for hydroxylation is 2. The third-order valence-corrected chi connectivity index (χ3v) is 7.49. The van der Waals surface area contributed by atoms with Crippen molar-refractivity contribution in [1.82, 2.24) is 0 Å². The molecule has 1 heterocycles. The van der Waals surface area contributed by atoms with Crippen LogP contribution in [0.15, 0.2) is 111 Å². The maximum absolute atomic E-state index is 13.8. The van der Waals surface area contributed by atoms with Gasteiger partial charge in [0.15, 0.2) is 11.8 Å². The molecule has 0 unspecified atom stereocenters. The van der Waals surface area contributed by atoms with Gasteiger partial charge in [-0.05, 0) is 86.3 Å². The van der Waals surface area contributed by atoms with Crippen LogP contribution in [0.2, 0.25) is 0 Å². The molecule has 0 aliphatic carbocycles. The Kier molecular flexibility index (Phi) is 8.48. The zero-order valence-corrected chi connectivity index (χ0v) is 24.3. The van der Waals surface area contributed by atoms with E-state index in [1.54, 1.807) is 17.0 Å². The van der Waals surface area contributed by atoms with E-state index >= 15 is 0 Å². The number of halogens is 1. The number of amides is 2. The Hall–Kier alpha value is -4.14. The molecule has 0 atom stereocenters. The topological polar surface area (TPSA) is 71.0 Å². The van der Waals surface area contributed by atoms with Gasteiger partial charge in [-0.2, -0.15) is 0 Å². The summed E-state index contributed by atoms with van der Waals surface area (Å²) in [5.41, 5.74) is 5.09. The van der Waals surface area contributed by atoms with Crippen molar-refractivity contribution >= 4 is 67.8 Å². The van der Waals surface area contributed by atoms with Crippen molar-refractivity contribution < 1.29 is 14.3 Å². The van der Waals surface area contributed by atoms with Crippen molar-refractivity contribution in [1.29, 1.82) is 0 Å². The van der Waals surface area contributed by atoms with E-state index in [1.165, 1.54) is 11.8 Å². The number of ether oxygens (including phenoxy) is 1. The highest BCUT2D eigenvalue weighted by molar-refractivity contribution is 9.10. The predicted octanol–water partition coefficient (Wildman–Crippen LogP) is 7.89. The summed E-state index contributed by atoms with van der Waals surface area (Å²) in [5, 5.41) is 3.37. The van der Waals surface area contributed by atoms with Gasteiger partial charge in [-0.25, -0.2) is 4.99 Å². The largest absolute Gasteiger partial charge is 0.483 e. The first-order chi connectivity index (χ1) is 19.4. The van der Waals surface area contributed by atoms with Crippen molar-refractivity contribution in [3.8, 4) is 5.75 Å². The lowest BCUT2D eigenvalue weighted by molar-refractivity contribution is -0.118. The Labute approximate surface area is 245 Å². The molecule has 1 saturated heterocycles. The second-order valence-electron chi connectivity index (χ2n) is 9.20. The SMILES string of the molecule is Cc1ccc(N=C2S/C(=C\c3cc(Br)ccc3OCC(=O)Nc3ccccc3)C(=O)N2c2ccc(C)cc2)cc1. The minimum absolute atomic E-state index is 0.177. The van der Waals surface area contributed by atoms with Crippen LogP contribution >= 0.6 is 27.7 Å². The van der Waals surface area contributed by atoms with E-state index in [0.717, 1.165) is 27.0 Å². The van der Waals surface area contributed by atoms with Gasteiger partial charge in [0.2, 0.25) is 0 Å². The quantitative estimate of drug-likeness (QED) is 0.216. The van der Waals surface area contributed by atoms with Crippen molar-refractivity contribution in [2.24, 2.45) is 4.99 Å². The van der Waals surface area contributed by atoms with E-state index in [0.29, 0.717) is 27.1 Å². The molecule has 0 saturated carbocycles. The number of anilines is 2. The van der Waals surface area contributed by atoms with Crippen molar-refractivity contribution in [2.45, 2.75) is 13.8 Å². The fraction of sp³-hybridized carbons (Fsp3) is 0.0938. The standard InChI is InChI=1S/C32H26BrN3O3S/c1-21-8-13-26(14-9-21)35-32-36(27-15-10-22(2)11-16-27)31(38)29(40-32)19-23-18-24(33)12-17-28(23)39-20-30(37)34-25-6-4-3-5-7-25/h3-19H,20H2,1-2H3,(H,34,37)/b29-19-,35-32?. The molecule has 4 aromatic carbocycles. The number of nitrogens with one attached hydrogen (secondary N) is 1. The van der Waals surface area contributed by atoms with Crippen LogP contribution in [0.5, 0.6) is 5.75 Å². The number of carbonyl (C=O) groups excluding carboxylic acids is 2. The number of para-hydroxylation sites is 1. The summed E-state index contributed by atoms with van der Waals surface area (Å²) in [5.74, 6) is 0.0164. The first-order valence-electron chi connectivity index (χ1n) is 12.6. The highest BCUT2D eigenvalue weighted by Crippen LogP contribution is 2.39. The predicted molar refractivity (Wildman–Crippen MR) is 167 cm³/mol. The van der Waals surface area contributed by atoms with Crippen LogP contribution in [-0.4, -0.2) is 23.6 Å². The smallest absolute Gasteiger partial charge is 0.271 e. The van der Waals surface area contributed by atoms with Crippen LogP contribution in [0.3, 0.4) is 0 Å². The number of benzene rings is 4. The maximum atomic E-state index is 13.8. The molecule has 0 spiro atoms.